The fraction of sp³-hybridized carbons (Fsp3) is 0.553. The Hall–Kier alpha value is -9.50. The minimum absolute atomic E-state index is 0.00703. The number of halogens is 2. The third-order valence-electron chi connectivity index (χ3n) is 20.7. The molecule has 2 aliphatic carbocycles. The first-order valence-electron chi connectivity index (χ1n) is 37.1. The quantitative estimate of drug-likeness (QED) is 0.0772. The minimum atomic E-state index is -4.27. The average molecular weight is 1560 g/mol. The summed E-state index contributed by atoms with van der Waals surface area (Å²) < 4.78 is 101. The number of nitrogens with one attached hydrogen (secondary N) is 5. The Morgan fingerprint density at radius 2 is 0.908 bits per heavy atom. The van der Waals surface area contributed by atoms with E-state index in [4.69, 9.17) is 24.1 Å². The molecule has 9 amide bonds. The molecule has 0 radical (unpaired) electrons. The van der Waals surface area contributed by atoms with Crippen LogP contribution >= 0.6 is 0 Å². The van der Waals surface area contributed by atoms with Crippen molar-refractivity contribution in [1.82, 2.24) is 45.6 Å². The molecule has 109 heavy (non-hydrogen) atoms. The summed E-state index contributed by atoms with van der Waals surface area (Å²) in [5, 5.41) is 25.8. The number of nitrogens with two attached hydrogens (primary N) is 1. The van der Waals surface area contributed by atoms with E-state index in [-0.39, 0.29) is 86.6 Å². The van der Waals surface area contributed by atoms with Crippen LogP contribution < -0.4 is 31.1 Å². The molecule has 6 aliphatic heterocycles. The lowest BCUT2D eigenvalue weighted by atomic mass is 10.0. The molecular weight excluding hydrogens is 1460 g/mol. The molecule has 12 rings (SSSR count). The highest BCUT2D eigenvalue weighted by molar-refractivity contribution is 7.90. The summed E-state index contributed by atoms with van der Waals surface area (Å²) in [5.74, 6) is -5.90. The van der Waals surface area contributed by atoms with Gasteiger partial charge in [0.25, 0.3) is 15.9 Å². The van der Waals surface area contributed by atoms with Crippen molar-refractivity contribution in [1.29, 1.82) is 0 Å². The van der Waals surface area contributed by atoms with Gasteiger partial charge in [0.15, 0.2) is 0 Å². The number of benzene rings is 4. The molecule has 29 nitrogen and oxygen atoms in total. The Balaban J connectivity index is 0.000000208. The van der Waals surface area contributed by atoms with Crippen molar-refractivity contribution < 1.29 is 97.6 Å². The van der Waals surface area contributed by atoms with Crippen LogP contribution in [0.2, 0.25) is 0 Å². The smallest absolute Gasteiger partial charge is 0.410 e. The second kappa shape index (κ2) is 34.2. The van der Waals surface area contributed by atoms with Gasteiger partial charge in [-0.3, -0.25) is 33.8 Å². The van der Waals surface area contributed by atoms with Crippen molar-refractivity contribution >= 4 is 79.9 Å². The van der Waals surface area contributed by atoms with Crippen LogP contribution in [0.5, 0.6) is 0 Å². The highest BCUT2D eigenvalue weighted by Crippen LogP contribution is 2.49. The van der Waals surface area contributed by atoms with Crippen LogP contribution in [0.25, 0.3) is 0 Å². The molecule has 592 valence electrons. The highest BCUT2D eigenvalue weighted by Gasteiger charge is 2.64. The molecule has 0 spiro atoms. The number of carboxylic acids is 1. The molecule has 4 saturated heterocycles. The molecule has 0 aromatic heterocycles. The maximum Gasteiger partial charge on any atom is 0.410 e. The maximum absolute atomic E-state index is 14.4. The summed E-state index contributed by atoms with van der Waals surface area (Å²) >= 11 is 0. The molecule has 4 aromatic carbocycles. The molecular formula is C76H98F2N10O19S2. The Labute approximate surface area is 632 Å². The summed E-state index contributed by atoms with van der Waals surface area (Å²) in [5.41, 5.74) is -2.48. The highest BCUT2D eigenvalue weighted by atomic mass is 32.2. The van der Waals surface area contributed by atoms with Crippen molar-refractivity contribution in [3.63, 3.8) is 0 Å². The molecule has 8 aliphatic rings. The van der Waals surface area contributed by atoms with E-state index in [0.29, 0.717) is 60.8 Å². The normalized spacial score (nSPS) is 26.0. The molecule has 6 fully saturated rings. The fourth-order valence-electron chi connectivity index (χ4n) is 15.0. The van der Waals surface area contributed by atoms with E-state index < -0.39 is 150 Å². The van der Waals surface area contributed by atoms with E-state index in [1.54, 1.807) is 90.1 Å². The zero-order valence-corrected chi connectivity index (χ0v) is 63.7. The van der Waals surface area contributed by atoms with E-state index in [1.807, 2.05) is 0 Å². The van der Waals surface area contributed by atoms with Gasteiger partial charge >= 0.3 is 30.3 Å². The lowest BCUT2D eigenvalue weighted by molar-refractivity contribution is -0.146. The number of rotatable bonds is 9. The number of carbonyl (C=O) groups excluding carboxylic acids is 9. The summed E-state index contributed by atoms with van der Waals surface area (Å²) in [4.78, 5) is 140. The number of fused-ring (bicyclic) bond motifs is 6. The van der Waals surface area contributed by atoms with Crippen molar-refractivity contribution in [3.8, 4) is 0 Å². The lowest BCUT2D eigenvalue weighted by Gasteiger charge is -2.30. The monoisotopic (exact) mass is 1560 g/mol. The van der Waals surface area contributed by atoms with Crippen LogP contribution in [0.1, 0.15) is 179 Å². The van der Waals surface area contributed by atoms with Crippen LogP contribution in [-0.4, -0.2) is 173 Å². The number of alkyl carbamates (subject to hydrolysis) is 2. The van der Waals surface area contributed by atoms with Crippen molar-refractivity contribution in [2.24, 2.45) is 17.0 Å². The molecule has 8 N–H and O–H groups in total. The molecule has 10 atom stereocenters. The summed E-state index contributed by atoms with van der Waals surface area (Å²) in [6.07, 6.45) is 5.02. The van der Waals surface area contributed by atoms with Gasteiger partial charge < -0.3 is 55.1 Å². The van der Waals surface area contributed by atoms with E-state index in [0.717, 1.165) is 51.4 Å². The maximum atomic E-state index is 14.4. The summed E-state index contributed by atoms with van der Waals surface area (Å²) in [6, 6.07) is 20.1. The third kappa shape index (κ3) is 20.9. The predicted molar refractivity (Wildman–Crippen MR) is 388 cm³/mol. The number of amides is 9. The first-order chi connectivity index (χ1) is 51.4. The number of aliphatic carboxylic acids is 1. The van der Waals surface area contributed by atoms with Crippen LogP contribution in [0.4, 0.5) is 28.0 Å². The molecule has 6 heterocycles. The first kappa shape index (κ1) is 82.0. The van der Waals surface area contributed by atoms with E-state index in [2.05, 4.69) is 26.0 Å². The average Bonchev–Trinajstić information content (AvgIpc) is 1.58. The van der Waals surface area contributed by atoms with Gasteiger partial charge in [0.2, 0.25) is 33.7 Å². The van der Waals surface area contributed by atoms with Crippen molar-refractivity contribution in [3.05, 3.63) is 131 Å². The summed E-state index contributed by atoms with van der Waals surface area (Å²) in [6.45, 7) is 10.2. The van der Waals surface area contributed by atoms with Gasteiger partial charge in [0, 0.05) is 37.1 Å². The third-order valence-corrected chi connectivity index (χ3v) is 23.0. The molecule has 0 bridgehead atoms. The van der Waals surface area contributed by atoms with Gasteiger partial charge in [-0.15, -0.1) is 0 Å². The molecule has 4 aromatic rings. The van der Waals surface area contributed by atoms with Crippen LogP contribution in [0.15, 0.2) is 107 Å². The number of hydrogen-bond acceptors (Lipinski definition) is 18. The number of carboxylic acid groups (broad SMARTS) is 1. The van der Waals surface area contributed by atoms with Crippen molar-refractivity contribution in [2.45, 2.75) is 252 Å². The number of primary sulfonamides is 1. The summed E-state index contributed by atoms with van der Waals surface area (Å²) in [7, 11) is -7.77. The standard InChI is InChI=1S/C38H48FN5O9S.C32H43FN4O8.C6H7NO2S/c1-37(2,3)53-35(48)40-30-18-11-6-4-5-8-14-25-20-38(25,34(47)42-54(50,51)27-15-9-7-10-16-27)41-32(45)31-19-26(22-44(31)33(30)46)52-36(49)43-21-24-13-12-17-29(39)28(24)23-43;1-31(2,3)45-29(42)34-24-13-8-6-4-5-7-11-20-15-32(20,28(40)41)35-26(38)25-14-21(17-37(25)27(24)39)44-30(43)36-16-19-10-9-12-23(33)22(19)18-36;7-10(8,9)6-4-2-1-3-5-6/h7,9-10,12-13,15-17,25-26,30-31H,4-6,8,11,14,18-23H2,1-3H3,(H,40,48)(H,41,45)(H,42,47);9-10,12,20-21,24-25H,4-8,11,13-18H2,1-3H3,(H,34,42)(H,35,38)(H,40,41);1-5H,(H2,7,8,9)/t25-,26-,30+,31+,38-;20-,21-,24+,25+,32-;/m11./s1. The number of sulfonamides is 2. The Kier molecular flexibility index (Phi) is 25.7. The predicted octanol–water partition coefficient (Wildman–Crippen LogP) is 8.44. The van der Waals surface area contributed by atoms with E-state index in [1.165, 1.54) is 68.1 Å². The Morgan fingerprint density at radius 3 is 1.30 bits per heavy atom. The van der Waals surface area contributed by atoms with Crippen LogP contribution in [-0.2, 0) is 93.9 Å². The lowest BCUT2D eigenvalue weighted by Crippen LogP contribution is -2.58. The van der Waals surface area contributed by atoms with Crippen molar-refractivity contribution in [2.75, 3.05) is 13.1 Å². The van der Waals surface area contributed by atoms with Gasteiger partial charge in [-0.1, -0.05) is 125 Å². The van der Waals surface area contributed by atoms with Gasteiger partial charge in [-0.2, -0.15) is 0 Å². The SMILES string of the molecule is CC(C)(C)OC(=O)N[C@H]1CCCCCCC[C@@H]2C[C@@]2(C(=O)NS(=O)(=O)c2ccccc2)NC(=O)[C@@H]2C[C@@H](OC(=O)N3Cc4cccc(F)c4C3)CN2C1=O.CC(C)(C)OC(=O)N[C@H]1CCCCCCC[C@@H]2C[C@@]2(C(=O)O)NC(=O)[C@@H]2C[C@@H](OC(=O)N3Cc4cccc(F)c4C3)CN2C1=O.NS(=O)(=O)c1ccccc1. The minimum Gasteiger partial charge on any atom is -0.479 e. The molecule has 2 saturated carbocycles. The van der Waals surface area contributed by atoms with E-state index in [9.17, 15) is 78.7 Å². The topological polar surface area (TPSA) is 395 Å². The number of ether oxygens (including phenoxy) is 4. The van der Waals surface area contributed by atoms with Gasteiger partial charge in [0.05, 0.1) is 36.0 Å². The number of nitrogens with zero attached hydrogens (tertiary/aromatic N) is 4. The Bertz CT molecular complexity index is 4300. The Morgan fingerprint density at radius 1 is 0.523 bits per heavy atom. The zero-order valence-electron chi connectivity index (χ0n) is 62.1. The zero-order chi connectivity index (χ0) is 79.0. The fourth-order valence-corrected chi connectivity index (χ4v) is 16.6. The second-order valence-corrected chi connectivity index (χ2v) is 34.4. The van der Waals surface area contributed by atoms with Gasteiger partial charge in [-0.05, 0) is 139 Å². The largest absolute Gasteiger partial charge is 0.479 e. The van der Waals surface area contributed by atoms with E-state index >= 15 is 0 Å². The van der Waals surface area contributed by atoms with Gasteiger partial charge in [-0.25, -0.2) is 59.5 Å². The van der Waals surface area contributed by atoms with Crippen LogP contribution in [0.3, 0.4) is 0 Å². The first-order valence-corrected chi connectivity index (χ1v) is 40.1. The number of carbonyl (C=O) groups is 10. The van der Waals surface area contributed by atoms with Crippen LogP contribution in [0, 0.1) is 23.5 Å². The second-order valence-electron chi connectivity index (χ2n) is 31.2. The number of hydrogen-bond donors (Lipinski definition) is 7. The molecule has 0 unspecified atom stereocenters. The van der Waals surface area contributed by atoms with Gasteiger partial charge in [0.1, 0.15) is 70.3 Å². The molecule has 33 heteroatoms.